The van der Waals surface area contributed by atoms with Crippen LogP contribution in [0.5, 0.6) is 0 Å². The van der Waals surface area contributed by atoms with E-state index in [1.165, 1.54) is 12.0 Å². The molecule has 3 rings (SSSR count). The molecule has 0 aliphatic carbocycles. The van der Waals surface area contributed by atoms with Crippen LogP contribution in [0.1, 0.15) is 48.0 Å². The molecule has 0 fully saturated rings. The van der Waals surface area contributed by atoms with Gasteiger partial charge in [-0.05, 0) is 30.4 Å². The number of carbonyl (C=O) groups excluding carboxylic acids is 1. The molecule has 0 spiro atoms. The summed E-state index contributed by atoms with van der Waals surface area (Å²) in [5.41, 5.74) is 2.95. The summed E-state index contributed by atoms with van der Waals surface area (Å²) in [6.45, 7) is 4.76. The van der Waals surface area contributed by atoms with Gasteiger partial charge in [0.25, 0.3) is 5.91 Å². The molecule has 4 heteroatoms. The first-order valence-corrected chi connectivity index (χ1v) is 7.01. The lowest BCUT2D eigenvalue weighted by Gasteiger charge is -2.28. The maximum Gasteiger partial charge on any atom is 0.296 e. The maximum atomic E-state index is 12.7. The molecule has 104 valence electrons. The highest BCUT2D eigenvalue weighted by Crippen LogP contribution is 2.29. The van der Waals surface area contributed by atoms with Gasteiger partial charge in [-0.1, -0.05) is 32.0 Å². The highest BCUT2D eigenvalue weighted by atomic mass is 16.3. The van der Waals surface area contributed by atoms with E-state index in [1.807, 2.05) is 36.9 Å². The second kappa shape index (κ2) is 5.12. The number of fused-ring (bicyclic) bond motifs is 1. The number of hydrogen-bond donors (Lipinski definition) is 0. The quantitative estimate of drug-likeness (QED) is 0.840. The molecule has 1 amide bonds. The van der Waals surface area contributed by atoms with Gasteiger partial charge in [0.15, 0.2) is 6.39 Å². The molecule has 2 heterocycles. The van der Waals surface area contributed by atoms with Crippen molar-refractivity contribution in [3.8, 4) is 0 Å². The minimum absolute atomic E-state index is 0.0849. The van der Waals surface area contributed by atoms with Crippen molar-refractivity contribution in [2.24, 2.45) is 0 Å². The molecule has 1 aliphatic heterocycles. The number of amides is 1. The molecular weight excluding hydrogens is 252 g/mol. The zero-order valence-electron chi connectivity index (χ0n) is 11.8. The largest absolute Gasteiger partial charge is 0.438 e. The van der Waals surface area contributed by atoms with Crippen molar-refractivity contribution in [1.29, 1.82) is 0 Å². The van der Waals surface area contributed by atoms with Gasteiger partial charge in [0.1, 0.15) is 0 Å². The van der Waals surface area contributed by atoms with Crippen LogP contribution in [-0.2, 0) is 6.42 Å². The molecule has 1 aliphatic rings. The summed E-state index contributed by atoms with van der Waals surface area (Å²) in [5.74, 6) is 0.461. The van der Waals surface area contributed by atoms with Gasteiger partial charge < -0.3 is 9.32 Å². The third kappa shape index (κ3) is 2.11. The molecule has 0 bridgehead atoms. The van der Waals surface area contributed by atoms with E-state index in [0.717, 1.165) is 30.8 Å². The van der Waals surface area contributed by atoms with E-state index in [-0.39, 0.29) is 11.8 Å². The molecule has 4 nitrogen and oxygen atoms in total. The first-order chi connectivity index (χ1) is 9.68. The zero-order chi connectivity index (χ0) is 14.1. The Bertz CT molecular complexity index is 631. The number of hydrogen-bond acceptors (Lipinski definition) is 3. The number of anilines is 1. The minimum Gasteiger partial charge on any atom is -0.438 e. The summed E-state index contributed by atoms with van der Waals surface area (Å²) < 4.78 is 5.35. The lowest BCUT2D eigenvalue weighted by atomic mass is 10.0. The first-order valence-electron chi connectivity index (χ1n) is 7.01. The molecule has 0 saturated heterocycles. The summed E-state index contributed by atoms with van der Waals surface area (Å²) >= 11 is 0. The lowest BCUT2D eigenvalue weighted by molar-refractivity contribution is 0.0956. The fourth-order valence-electron chi connectivity index (χ4n) is 2.69. The van der Waals surface area contributed by atoms with Crippen molar-refractivity contribution in [2.75, 3.05) is 11.4 Å². The van der Waals surface area contributed by atoms with Gasteiger partial charge >= 0.3 is 0 Å². The summed E-state index contributed by atoms with van der Waals surface area (Å²) in [5, 5.41) is 0. The van der Waals surface area contributed by atoms with Crippen molar-refractivity contribution in [3.05, 3.63) is 47.7 Å². The third-order valence-corrected chi connectivity index (χ3v) is 3.69. The highest BCUT2D eigenvalue weighted by Gasteiger charge is 2.28. The Morgan fingerprint density at radius 3 is 2.95 bits per heavy atom. The minimum atomic E-state index is -0.0849. The normalized spacial score (nSPS) is 14.4. The lowest BCUT2D eigenvalue weighted by Crippen LogP contribution is -2.35. The molecule has 20 heavy (non-hydrogen) atoms. The number of oxazole rings is 1. The van der Waals surface area contributed by atoms with Crippen molar-refractivity contribution in [3.63, 3.8) is 0 Å². The predicted octanol–water partition coefficient (Wildman–Crippen LogP) is 3.39. The summed E-state index contributed by atoms with van der Waals surface area (Å²) in [7, 11) is 0. The summed E-state index contributed by atoms with van der Waals surface area (Å²) in [6, 6.07) is 8.06. The number of aromatic nitrogens is 1. The highest BCUT2D eigenvalue weighted by molar-refractivity contribution is 6.05. The molecular formula is C16H18N2O2. The average molecular weight is 270 g/mol. The SMILES string of the molecule is CC(C)c1ncoc1C(=O)N1CCCc2ccccc21. The molecule has 0 N–H and O–H groups in total. The molecule has 0 saturated carbocycles. The maximum absolute atomic E-state index is 12.7. The Hall–Kier alpha value is -2.10. The van der Waals surface area contributed by atoms with E-state index in [1.54, 1.807) is 0 Å². The van der Waals surface area contributed by atoms with Crippen LogP contribution >= 0.6 is 0 Å². The second-order valence-electron chi connectivity index (χ2n) is 5.41. The average Bonchev–Trinajstić information content (AvgIpc) is 2.95. The van der Waals surface area contributed by atoms with Crippen molar-refractivity contribution >= 4 is 11.6 Å². The molecule has 0 atom stereocenters. The number of carbonyl (C=O) groups is 1. The second-order valence-corrected chi connectivity index (χ2v) is 5.41. The number of nitrogens with zero attached hydrogens (tertiary/aromatic N) is 2. The Kier molecular flexibility index (Phi) is 3.30. The smallest absolute Gasteiger partial charge is 0.296 e. The molecule has 0 radical (unpaired) electrons. The number of benzene rings is 1. The van der Waals surface area contributed by atoms with E-state index in [9.17, 15) is 4.79 Å². The van der Waals surface area contributed by atoms with Gasteiger partial charge in [0.2, 0.25) is 5.76 Å². The number of aryl methyl sites for hydroxylation is 1. The van der Waals surface area contributed by atoms with Gasteiger partial charge in [0, 0.05) is 12.2 Å². The fourth-order valence-corrected chi connectivity index (χ4v) is 2.69. The van der Waals surface area contributed by atoms with E-state index in [0.29, 0.717) is 5.76 Å². The summed E-state index contributed by atoms with van der Waals surface area (Å²) in [4.78, 5) is 18.7. The van der Waals surface area contributed by atoms with Crippen molar-refractivity contribution in [1.82, 2.24) is 4.98 Å². The van der Waals surface area contributed by atoms with Crippen LogP contribution in [0.4, 0.5) is 5.69 Å². The topological polar surface area (TPSA) is 46.3 Å². The number of rotatable bonds is 2. The summed E-state index contributed by atoms with van der Waals surface area (Å²) in [6.07, 6.45) is 3.36. The van der Waals surface area contributed by atoms with Crippen LogP contribution in [0.2, 0.25) is 0 Å². The Labute approximate surface area is 118 Å². The number of para-hydroxylation sites is 1. The third-order valence-electron chi connectivity index (χ3n) is 3.69. The fraction of sp³-hybridized carbons (Fsp3) is 0.375. The molecule has 1 aromatic carbocycles. The van der Waals surface area contributed by atoms with Crippen LogP contribution in [0.3, 0.4) is 0 Å². The van der Waals surface area contributed by atoms with Crippen molar-refractivity contribution in [2.45, 2.75) is 32.6 Å². The molecule has 0 unspecified atom stereocenters. The van der Waals surface area contributed by atoms with E-state index < -0.39 is 0 Å². The monoisotopic (exact) mass is 270 g/mol. The van der Waals surface area contributed by atoms with Gasteiger partial charge in [-0.3, -0.25) is 4.79 Å². The van der Waals surface area contributed by atoms with Gasteiger partial charge in [0.05, 0.1) is 5.69 Å². The van der Waals surface area contributed by atoms with Gasteiger partial charge in [-0.25, -0.2) is 4.98 Å². The van der Waals surface area contributed by atoms with Crippen LogP contribution < -0.4 is 4.90 Å². The van der Waals surface area contributed by atoms with E-state index in [4.69, 9.17) is 4.42 Å². The van der Waals surface area contributed by atoms with E-state index in [2.05, 4.69) is 11.1 Å². The zero-order valence-corrected chi connectivity index (χ0v) is 11.8. The van der Waals surface area contributed by atoms with Gasteiger partial charge in [-0.2, -0.15) is 0 Å². The Morgan fingerprint density at radius 1 is 1.35 bits per heavy atom. The van der Waals surface area contributed by atoms with Crippen LogP contribution in [-0.4, -0.2) is 17.4 Å². The Morgan fingerprint density at radius 2 is 2.15 bits per heavy atom. The molecule has 1 aromatic heterocycles. The van der Waals surface area contributed by atoms with Crippen LogP contribution in [0.15, 0.2) is 35.1 Å². The predicted molar refractivity (Wildman–Crippen MR) is 77.0 cm³/mol. The molecule has 2 aromatic rings. The first kappa shape index (κ1) is 12.9. The van der Waals surface area contributed by atoms with Crippen molar-refractivity contribution < 1.29 is 9.21 Å². The van der Waals surface area contributed by atoms with E-state index >= 15 is 0 Å². The Balaban J connectivity index is 1.98. The van der Waals surface area contributed by atoms with Gasteiger partial charge in [-0.15, -0.1) is 0 Å². The standard InChI is InChI=1S/C16H18N2O2/c1-11(2)14-15(20-10-17-14)16(19)18-9-5-7-12-6-3-4-8-13(12)18/h3-4,6,8,10-11H,5,7,9H2,1-2H3. The van der Waals surface area contributed by atoms with Crippen LogP contribution in [0, 0.1) is 0 Å². The van der Waals surface area contributed by atoms with Crippen LogP contribution in [0.25, 0.3) is 0 Å².